The molecular weight excluding hydrogens is 614 g/mol. The highest BCUT2D eigenvalue weighted by atomic mass is 35.5. The number of hydrogen-bond donors (Lipinski definition) is 1. The highest BCUT2D eigenvalue weighted by Gasteiger charge is 2.34. The zero-order valence-corrected chi connectivity index (χ0v) is 27.9. The molecule has 1 saturated carbocycles. The molecule has 3 aromatic carbocycles. The Morgan fingerprint density at radius 3 is 2.18 bits per heavy atom. The fourth-order valence-corrected chi connectivity index (χ4v) is 7.15. The maximum atomic E-state index is 14.3. The van der Waals surface area contributed by atoms with Gasteiger partial charge in [-0.15, -0.1) is 0 Å². The number of rotatable bonds is 13. The van der Waals surface area contributed by atoms with E-state index in [1.165, 1.54) is 37.3 Å². The van der Waals surface area contributed by atoms with Crippen molar-refractivity contribution in [2.45, 2.75) is 75.9 Å². The van der Waals surface area contributed by atoms with E-state index in [1.54, 1.807) is 48.5 Å². The second kappa shape index (κ2) is 15.5. The number of anilines is 1. The van der Waals surface area contributed by atoms with E-state index in [0.717, 1.165) is 47.5 Å². The molecule has 1 fully saturated rings. The standard InChI is InChI=1S/C34H42ClN3O6S/c1-5-30(34(40)36-27-9-7-6-8-10-27)37(22-25-13-15-26(35)16-14-25)33(39)23-38(28-17-11-24(2)12-18-28)45(41,42)29-19-20-31(43-3)32(21-29)44-4/h11-21,27,30H,5-10,22-23H2,1-4H3,(H,36,40)/t30-/m0/s1. The van der Waals surface area contributed by atoms with Crippen LogP contribution in [0.1, 0.15) is 56.6 Å². The van der Waals surface area contributed by atoms with Gasteiger partial charge in [0.2, 0.25) is 11.8 Å². The summed E-state index contributed by atoms with van der Waals surface area (Å²) in [7, 11) is -1.39. The number of ether oxygens (including phenoxy) is 2. The molecule has 0 heterocycles. The normalized spacial score (nSPS) is 14.3. The summed E-state index contributed by atoms with van der Waals surface area (Å²) >= 11 is 6.12. The third kappa shape index (κ3) is 8.49. The Morgan fingerprint density at radius 2 is 1.58 bits per heavy atom. The smallest absolute Gasteiger partial charge is 0.264 e. The summed E-state index contributed by atoms with van der Waals surface area (Å²) < 4.78 is 40.2. The quantitative estimate of drug-likeness (QED) is 0.238. The van der Waals surface area contributed by atoms with Gasteiger partial charge in [-0.25, -0.2) is 8.42 Å². The predicted molar refractivity (Wildman–Crippen MR) is 176 cm³/mol. The van der Waals surface area contributed by atoms with E-state index in [1.807, 2.05) is 13.8 Å². The number of sulfonamides is 1. The van der Waals surface area contributed by atoms with Gasteiger partial charge in [0.05, 0.1) is 24.8 Å². The van der Waals surface area contributed by atoms with Crippen LogP contribution in [0.15, 0.2) is 71.6 Å². The number of carbonyl (C=O) groups excluding carboxylic acids is 2. The van der Waals surface area contributed by atoms with Crippen molar-refractivity contribution in [3.63, 3.8) is 0 Å². The summed E-state index contributed by atoms with van der Waals surface area (Å²) in [5.41, 5.74) is 2.01. The summed E-state index contributed by atoms with van der Waals surface area (Å²) in [6.07, 6.45) is 5.40. The average molecular weight is 656 g/mol. The lowest BCUT2D eigenvalue weighted by Crippen LogP contribution is -2.54. The van der Waals surface area contributed by atoms with Crippen LogP contribution in [-0.2, 0) is 26.2 Å². The first-order valence-corrected chi connectivity index (χ1v) is 17.0. The van der Waals surface area contributed by atoms with E-state index >= 15 is 0 Å². The second-order valence-electron chi connectivity index (χ2n) is 11.3. The molecule has 2 amide bonds. The Hall–Kier alpha value is -3.76. The van der Waals surface area contributed by atoms with Crippen LogP contribution in [0.2, 0.25) is 5.02 Å². The van der Waals surface area contributed by atoms with Crippen LogP contribution >= 0.6 is 11.6 Å². The van der Waals surface area contributed by atoms with Gasteiger partial charge in [0, 0.05) is 23.7 Å². The Bertz CT molecular complexity index is 1560. The van der Waals surface area contributed by atoms with E-state index < -0.39 is 28.5 Å². The highest BCUT2D eigenvalue weighted by molar-refractivity contribution is 7.92. The molecule has 0 spiro atoms. The number of hydrogen-bond acceptors (Lipinski definition) is 6. The molecule has 11 heteroatoms. The Labute approximate surface area is 271 Å². The predicted octanol–water partition coefficient (Wildman–Crippen LogP) is 6.12. The minimum atomic E-state index is -4.27. The molecule has 0 saturated heterocycles. The zero-order valence-electron chi connectivity index (χ0n) is 26.3. The van der Waals surface area contributed by atoms with Gasteiger partial charge in [0.1, 0.15) is 12.6 Å². The molecule has 1 N–H and O–H groups in total. The number of nitrogens with one attached hydrogen (secondary N) is 1. The molecular formula is C34H42ClN3O6S. The topological polar surface area (TPSA) is 105 Å². The zero-order chi connectivity index (χ0) is 32.6. The first-order chi connectivity index (χ1) is 21.6. The molecule has 3 aromatic rings. The van der Waals surface area contributed by atoms with E-state index in [-0.39, 0.29) is 29.1 Å². The summed E-state index contributed by atoms with van der Waals surface area (Å²) in [6, 6.07) is 17.5. The van der Waals surface area contributed by atoms with Crippen LogP contribution in [0.25, 0.3) is 0 Å². The molecule has 0 radical (unpaired) electrons. The van der Waals surface area contributed by atoms with E-state index in [0.29, 0.717) is 22.9 Å². The fraction of sp³-hybridized carbons (Fsp3) is 0.412. The van der Waals surface area contributed by atoms with Gasteiger partial charge < -0.3 is 19.7 Å². The molecule has 0 unspecified atom stereocenters. The number of halogens is 1. The molecule has 0 aliphatic heterocycles. The summed E-state index contributed by atoms with van der Waals surface area (Å²) in [5, 5.41) is 3.71. The van der Waals surface area contributed by atoms with Gasteiger partial charge >= 0.3 is 0 Å². The van der Waals surface area contributed by atoms with Crippen molar-refractivity contribution < 1.29 is 27.5 Å². The van der Waals surface area contributed by atoms with E-state index in [2.05, 4.69) is 5.32 Å². The minimum absolute atomic E-state index is 0.0577. The Kier molecular flexibility index (Phi) is 11.7. The maximum Gasteiger partial charge on any atom is 0.264 e. The number of nitrogens with zero attached hydrogens (tertiary/aromatic N) is 2. The molecule has 0 bridgehead atoms. The van der Waals surface area contributed by atoms with Crippen LogP contribution in [0.5, 0.6) is 11.5 Å². The van der Waals surface area contributed by atoms with Gasteiger partial charge in [0.15, 0.2) is 11.5 Å². The second-order valence-corrected chi connectivity index (χ2v) is 13.6. The molecule has 1 atom stereocenters. The third-order valence-electron chi connectivity index (χ3n) is 8.15. The molecule has 0 aromatic heterocycles. The van der Waals surface area contributed by atoms with Gasteiger partial charge in [-0.2, -0.15) is 0 Å². The van der Waals surface area contributed by atoms with Crippen LogP contribution in [0, 0.1) is 6.92 Å². The number of carbonyl (C=O) groups is 2. The Balaban J connectivity index is 1.73. The van der Waals surface area contributed by atoms with Crippen molar-refractivity contribution in [3.8, 4) is 11.5 Å². The number of methoxy groups -OCH3 is 2. The van der Waals surface area contributed by atoms with E-state index in [9.17, 15) is 18.0 Å². The lowest BCUT2D eigenvalue weighted by molar-refractivity contribution is -0.140. The van der Waals surface area contributed by atoms with Crippen LogP contribution in [0.3, 0.4) is 0 Å². The summed E-state index contributed by atoms with van der Waals surface area (Å²) in [6.45, 7) is 3.32. The third-order valence-corrected chi connectivity index (χ3v) is 10.2. The van der Waals surface area contributed by atoms with Gasteiger partial charge in [-0.05, 0) is 68.1 Å². The molecule has 9 nitrogen and oxygen atoms in total. The first-order valence-electron chi connectivity index (χ1n) is 15.2. The number of amides is 2. The monoisotopic (exact) mass is 655 g/mol. The molecule has 1 aliphatic rings. The number of benzene rings is 3. The largest absolute Gasteiger partial charge is 0.493 e. The van der Waals surface area contributed by atoms with Crippen LogP contribution in [-0.4, -0.2) is 58.0 Å². The molecule has 4 rings (SSSR count). The summed E-state index contributed by atoms with van der Waals surface area (Å²) in [5.74, 6) is -0.140. The summed E-state index contributed by atoms with van der Waals surface area (Å²) in [4.78, 5) is 29.4. The van der Waals surface area contributed by atoms with Crippen molar-refractivity contribution in [3.05, 3.63) is 82.9 Å². The van der Waals surface area contributed by atoms with Gasteiger partial charge in [0.25, 0.3) is 10.0 Å². The van der Waals surface area contributed by atoms with Crippen molar-refractivity contribution in [2.75, 3.05) is 25.1 Å². The molecule has 242 valence electrons. The SMILES string of the molecule is CC[C@@H](C(=O)NC1CCCCC1)N(Cc1ccc(Cl)cc1)C(=O)CN(c1ccc(C)cc1)S(=O)(=O)c1ccc(OC)c(OC)c1. The van der Waals surface area contributed by atoms with Crippen molar-refractivity contribution in [1.82, 2.24) is 10.2 Å². The van der Waals surface area contributed by atoms with Gasteiger partial charge in [-0.3, -0.25) is 13.9 Å². The van der Waals surface area contributed by atoms with Crippen molar-refractivity contribution in [1.29, 1.82) is 0 Å². The van der Waals surface area contributed by atoms with Crippen LogP contribution in [0.4, 0.5) is 5.69 Å². The lowest BCUT2D eigenvalue weighted by Gasteiger charge is -2.34. The lowest BCUT2D eigenvalue weighted by atomic mass is 9.95. The average Bonchev–Trinajstić information content (AvgIpc) is 3.04. The number of aryl methyl sites for hydroxylation is 1. The maximum absolute atomic E-state index is 14.3. The van der Waals surface area contributed by atoms with Gasteiger partial charge in [-0.1, -0.05) is 67.6 Å². The molecule has 45 heavy (non-hydrogen) atoms. The minimum Gasteiger partial charge on any atom is -0.493 e. The molecule has 1 aliphatic carbocycles. The first kappa shape index (κ1) is 34.1. The Morgan fingerprint density at radius 1 is 0.933 bits per heavy atom. The van der Waals surface area contributed by atoms with Crippen molar-refractivity contribution >= 4 is 39.1 Å². The van der Waals surface area contributed by atoms with Crippen molar-refractivity contribution in [2.24, 2.45) is 0 Å². The highest BCUT2D eigenvalue weighted by Crippen LogP contribution is 2.32. The fourth-order valence-electron chi connectivity index (χ4n) is 5.59. The van der Waals surface area contributed by atoms with E-state index in [4.69, 9.17) is 21.1 Å². The van der Waals surface area contributed by atoms with Crippen LogP contribution < -0.4 is 19.1 Å².